The molecule has 10 heteroatoms. The highest BCUT2D eigenvalue weighted by Crippen LogP contribution is 2.17. The van der Waals surface area contributed by atoms with Crippen molar-refractivity contribution in [3.05, 3.63) is 59.7 Å². The summed E-state index contributed by atoms with van der Waals surface area (Å²) in [6.45, 7) is 9.05. The topological polar surface area (TPSA) is 99.7 Å². The maximum absolute atomic E-state index is 13.3. The van der Waals surface area contributed by atoms with Crippen molar-refractivity contribution in [2.24, 2.45) is 11.8 Å². The van der Waals surface area contributed by atoms with E-state index in [1.165, 1.54) is 9.80 Å². The van der Waals surface area contributed by atoms with Crippen LogP contribution in [0.4, 0.5) is 0 Å². The summed E-state index contributed by atoms with van der Waals surface area (Å²) in [5.74, 6) is 0.743. The largest absolute Gasteiger partial charge is 0.497 e. The lowest BCUT2D eigenvalue weighted by Gasteiger charge is -2.36. The second kappa shape index (κ2) is 15.2. The normalized spacial score (nSPS) is 13.5. The number of benzene rings is 2. The number of rotatable bonds is 14. The fraction of sp³-hybridized carbons (Fsp3) is 0.500. The summed E-state index contributed by atoms with van der Waals surface area (Å²) in [5, 5.41) is 0. The van der Waals surface area contributed by atoms with E-state index in [-0.39, 0.29) is 61.6 Å². The molecule has 0 saturated carbocycles. The fourth-order valence-electron chi connectivity index (χ4n) is 4.81. The first-order valence-corrected chi connectivity index (χ1v) is 14.4. The summed E-state index contributed by atoms with van der Waals surface area (Å²) in [4.78, 5) is 58.7. The van der Waals surface area contributed by atoms with Crippen LogP contribution in [0.5, 0.6) is 11.5 Å². The first-order chi connectivity index (χ1) is 20.0. The molecule has 0 aliphatic carbocycles. The second-order valence-electron chi connectivity index (χ2n) is 11.5. The number of carbonyl (C=O) groups is 4. The minimum Gasteiger partial charge on any atom is -0.497 e. The predicted molar refractivity (Wildman–Crippen MR) is 160 cm³/mol. The van der Waals surface area contributed by atoms with Crippen molar-refractivity contribution in [1.29, 1.82) is 0 Å². The van der Waals surface area contributed by atoms with Gasteiger partial charge in [0.05, 0.1) is 14.2 Å². The molecular formula is C32H44N4O6. The molecule has 0 spiro atoms. The van der Waals surface area contributed by atoms with Gasteiger partial charge in [0.1, 0.15) is 37.7 Å². The molecule has 0 unspecified atom stereocenters. The van der Waals surface area contributed by atoms with E-state index in [1.807, 2.05) is 76.2 Å². The van der Waals surface area contributed by atoms with Gasteiger partial charge in [0, 0.05) is 26.2 Å². The van der Waals surface area contributed by atoms with Gasteiger partial charge in [-0.05, 0) is 47.2 Å². The number of carbonyl (C=O) groups excluding carboxylic acids is 4. The van der Waals surface area contributed by atoms with E-state index >= 15 is 0 Å². The Kier molecular flexibility index (Phi) is 11.8. The van der Waals surface area contributed by atoms with E-state index in [1.54, 1.807) is 24.0 Å². The molecule has 1 aliphatic heterocycles. The second-order valence-corrected chi connectivity index (χ2v) is 11.5. The predicted octanol–water partition coefficient (Wildman–Crippen LogP) is 3.04. The summed E-state index contributed by atoms with van der Waals surface area (Å²) >= 11 is 0. The lowest BCUT2D eigenvalue weighted by molar-refractivity contribution is -0.155. The Balaban J connectivity index is 1.61. The number of hydrogen-bond donors (Lipinski definition) is 0. The summed E-state index contributed by atoms with van der Waals surface area (Å²) in [6.07, 6.45) is 0. The lowest BCUT2D eigenvalue weighted by Crippen LogP contribution is -2.58. The highest BCUT2D eigenvalue weighted by Gasteiger charge is 2.34. The third kappa shape index (κ3) is 9.49. The van der Waals surface area contributed by atoms with Gasteiger partial charge in [-0.15, -0.1) is 0 Å². The SMILES string of the molecule is COc1ccc(CN(CC(C)C)C(=O)CN2CC(=O)N(CC(=O)N(Cc3ccc(OC)cc3)CC(C)C)CC2=O)cc1. The third-order valence-corrected chi connectivity index (χ3v) is 6.95. The average molecular weight is 581 g/mol. The van der Waals surface area contributed by atoms with E-state index in [4.69, 9.17) is 9.47 Å². The first kappa shape index (κ1) is 32.4. The Morgan fingerprint density at radius 1 is 0.667 bits per heavy atom. The maximum Gasteiger partial charge on any atom is 0.243 e. The molecule has 0 atom stereocenters. The molecule has 0 aromatic heterocycles. The first-order valence-electron chi connectivity index (χ1n) is 14.4. The van der Waals surface area contributed by atoms with Gasteiger partial charge in [-0.3, -0.25) is 19.2 Å². The quantitative estimate of drug-likeness (QED) is 0.341. The fourth-order valence-corrected chi connectivity index (χ4v) is 4.81. The highest BCUT2D eigenvalue weighted by molar-refractivity contribution is 5.96. The van der Waals surface area contributed by atoms with Crippen LogP contribution in [-0.2, 0) is 32.3 Å². The van der Waals surface area contributed by atoms with Crippen molar-refractivity contribution in [1.82, 2.24) is 19.6 Å². The van der Waals surface area contributed by atoms with E-state index in [2.05, 4.69) is 0 Å². The lowest BCUT2D eigenvalue weighted by atomic mass is 10.1. The Morgan fingerprint density at radius 3 is 1.29 bits per heavy atom. The summed E-state index contributed by atoms with van der Waals surface area (Å²) < 4.78 is 10.4. The summed E-state index contributed by atoms with van der Waals surface area (Å²) in [6, 6.07) is 15.0. The number of methoxy groups -OCH3 is 2. The molecule has 1 heterocycles. The summed E-state index contributed by atoms with van der Waals surface area (Å²) in [7, 11) is 3.20. The average Bonchev–Trinajstić information content (AvgIpc) is 2.95. The molecule has 42 heavy (non-hydrogen) atoms. The number of piperazine rings is 1. The van der Waals surface area contributed by atoms with Crippen LogP contribution in [0.2, 0.25) is 0 Å². The van der Waals surface area contributed by atoms with Crippen molar-refractivity contribution in [3.63, 3.8) is 0 Å². The van der Waals surface area contributed by atoms with E-state index < -0.39 is 0 Å². The third-order valence-electron chi connectivity index (χ3n) is 6.95. The zero-order valence-electron chi connectivity index (χ0n) is 25.7. The molecule has 3 rings (SSSR count). The molecule has 1 saturated heterocycles. The minimum atomic E-state index is -0.352. The van der Waals surface area contributed by atoms with E-state index in [9.17, 15) is 19.2 Å². The van der Waals surface area contributed by atoms with Crippen LogP contribution in [0.3, 0.4) is 0 Å². The van der Waals surface area contributed by atoms with Crippen molar-refractivity contribution in [2.75, 3.05) is 53.5 Å². The van der Waals surface area contributed by atoms with Crippen molar-refractivity contribution in [3.8, 4) is 11.5 Å². The van der Waals surface area contributed by atoms with Gasteiger partial charge in [-0.25, -0.2) is 0 Å². The van der Waals surface area contributed by atoms with Crippen molar-refractivity contribution < 1.29 is 28.7 Å². The van der Waals surface area contributed by atoms with Gasteiger partial charge in [-0.1, -0.05) is 52.0 Å². The van der Waals surface area contributed by atoms with Gasteiger partial charge < -0.3 is 29.1 Å². The van der Waals surface area contributed by atoms with Crippen LogP contribution in [0.25, 0.3) is 0 Å². The highest BCUT2D eigenvalue weighted by atomic mass is 16.5. The van der Waals surface area contributed by atoms with Gasteiger partial charge >= 0.3 is 0 Å². The van der Waals surface area contributed by atoms with Crippen LogP contribution in [0.1, 0.15) is 38.8 Å². The van der Waals surface area contributed by atoms with Crippen molar-refractivity contribution >= 4 is 23.6 Å². The summed E-state index contributed by atoms with van der Waals surface area (Å²) in [5.41, 5.74) is 1.88. The molecule has 0 radical (unpaired) electrons. The molecular weight excluding hydrogens is 536 g/mol. The van der Waals surface area contributed by atoms with E-state index in [0.29, 0.717) is 26.2 Å². The maximum atomic E-state index is 13.3. The van der Waals surface area contributed by atoms with Gasteiger partial charge in [-0.2, -0.15) is 0 Å². The molecule has 228 valence electrons. The molecule has 0 N–H and O–H groups in total. The molecule has 1 fully saturated rings. The van der Waals surface area contributed by atoms with Gasteiger partial charge in [0.15, 0.2) is 0 Å². The van der Waals surface area contributed by atoms with Crippen LogP contribution < -0.4 is 9.47 Å². The van der Waals surface area contributed by atoms with Crippen LogP contribution >= 0.6 is 0 Å². The molecule has 2 aromatic carbocycles. The Morgan fingerprint density at radius 2 is 1.00 bits per heavy atom. The smallest absolute Gasteiger partial charge is 0.243 e. The molecule has 0 bridgehead atoms. The van der Waals surface area contributed by atoms with Crippen LogP contribution in [0, 0.1) is 11.8 Å². The monoisotopic (exact) mass is 580 g/mol. The Hall–Kier alpha value is -4.08. The molecule has 1 aliphatic rings. The van der Waals surface area contributed by atoms with Gasteiger partial charge in [0.2, 0.25) is 23.6 Å². The number of nitrogens with zero attached hydrogens (tertiary/aromatic N) is 4. The van der Waals surface area contributed by atoms with Gasteiger partial charge in [0.25, 0.3) is 0 Å². The van der Waals surface area contributed by atoms with E-state index in [0.717, 1.165) is 22.6 Å². The zero-order chi connectivity index (χ0) is 30.8. The molecule has 10 nitrogen and oxygen atoms in total. The number of hydrogen-bond acceptors (Lipinski definition) is 6. The van der Waals surface area contributed by atoms with Crippen molar-refractivity contribution in [2.45, 2.75) is 40.8 Å². The Labute approximate surface area is 249 Å². The standard InChI is InChI=1S/C32H44N4O6/c1-23(2)15-33(17-25-7-11-27(41-5)12-8-25)29(37)19-35-21-32(40)36(22-31(35)39)20-30(38)34(16-24(3)4)18-26-9-13-28(42-6)14-10-26/h7-14,23-24H,15-22H2,1-6H3. The van der Waals surface area contributed by atoms with Crippen LogP contribution in [-0.4, -0.2) is 96.7 Å². The molecule has 4 amide bonds. The van der Waals surface area contributed by atoms with Crippen LogP contribution in [0.15, 0.2) is 48.5 Å². The zero-order valence-corrected chi connectivity index (χ0v) is 25.7. The number of ether oxygens (including phenoxy) is 2. The number of amides is 4. The minimum absolute atomic E-state index is 0.188. The Bertz CT molecular complexity index is 1120. The molecule has 2 aromatic rings.